The molecule has 1 aromatic carbocycles. The lowest BCUT2D eigenvalue weighted by Crippen LogP contribution is -2.36. The number of nitrogens with one attached hydrogen (secondary N) is 2. The van der Waals surface area contributed by atoms with Gasteiger partial charge in [-0.1, -0.05) is 30.3 Å². The molecule has 0 bridgehead atoms. The van der Waals surface area contributed by atoms with Gasteiger partial charge in [0.25, 0.3) is 5.91 Å². The Morgan fingerprint density at radius 2 is 2.06 bits per heavy atom. The number of hydrogen-bond donors (Lipinski definition) is 2. The summed E-state index contributed by atoms with van der Waals surface area (Å²) >= 11 is 1.36. The molecule has 6 nitrogen and oxygen atoms in total. The Labute approximate surface area is 185 Å². The molecule has 0 fully saturated rings. The van der Waals surface area contributed by atoms with E-state index in [2.05, 4.69) is 21.8 Å². The molecule has 1 aliphatic heterocycles. The van der Waals surface area contributed by atoms with Gasteiger partial charge in [0.1, 0.15) is 22.5 Å². The third-order valence-electron chi connectivity index (χ3n) is 5.95. The fourth-order valence-corrected chi connectivity index (χ4v) is 5.65. The molecule has 10 heteroatoms. The van der Waals surface area contributed by atoms with Gasteiger partial charge in [-0.3, -0.25) is 4.79 Å². The molecule has 0 radical (unpaired) electrons. The molecule has 1 amide bonds. The minimum Gasteiger partial charge on any atom is -0.363 e. The maximum absolute atomic E-state index is 13.8. The van der Waals surface area contributed by atoms with Gasteiger partial charge < -0.3 is 10.6 Å². The summed E-state index contributed by atoms with van der Waals surface area (Å²) in [7, 11) is 0. The third-order valence-corrected chi connectivity index (χ3v) is 7.15. The van der Waals surface area contributed by atoms with Crippen molar-refractivity contribution in [2.75, 3.05) is 10.6 Å². The van der Waals surface area contributed by atoms with E-state index in [9.17, 15) is 23.2 Å². The van der Waals surface area contributed by atoms with Crippen LogP contribution in [0.15, 0.2) is 36.5 Å². The smallest absolute Gasteiger partial charge is 0.363 e. The van der Waals surface area contributed by atoms with E-state index in [1.165, 1.54) is 11.3 Å². The lowest BCUT2D eigenvalue weighted by Gasteiger charge is -2.34. The number of nitriles is 1. The molecule has 0 saturated carbocycles. The van der Waals surface area contributed by atoms with Crippen LogP contribution in [0.2, 0.25) is 0 Å². The molecule has 2 N–H and O–H groups in total. The summed E-state index contributed by atoms with van der Waals surface area (Å²) in [6.07, 6.45) is -0.976. The van der Waals surface area contributed by atoms with E-state index in [1.807, 2.05) is 0 Å². The number of aromatic nitrogens is 2. The summed E-state index contributed by atoms with van der Waals surface area (Å²) in [5.41, 5.74) is 2.11. The van der Waals surface area contributed by atoms with Crippen LogP contribution in [0.5, 0.6) is 0 Å². The molecule has 3 aromatic rings. The van der Waals surface area contributed by atoms with Crippen LogP contribution in [0.1, 0.15) is 56.9 Å². The number of carbonyl (C=O) groups excluding carboxylic acids is 1. The fourth-order valence-electron chi connectivity index (χ4n) is 4.41. The summed E-state index contributed by atoms with van der Waals surface area (Å²) < 4.78 is 42.3. The van der Waals surface area contributed by atoms with Crippen molar-refractivity contribution in [1.29, 1.82) is 5.26 Å². The second kappa shape index (κ2) is 7.67. The molecule has 0 spiro atoms. The number of amides is 1. The van der Waals surface area contributed by atoms with Gasteiger partial charge in [-0.15, -0.1) is 11.3 Å². The molecule has 2 atom stereocenters. The Morgan fingerprint density at radius 3 is 2.78 bits per heavy atom. The van der Waals surface area contributed by atoms with E-state index in [1.54, 1.807) is 30.3 Å². The normalized spacial score (nSPS) is 19.6. The Hall–Kier alpha value is -3.32. The molecular formula is C22H18F3N5OS. The van der Waals surface area contributed by atoms with Crippen molar-refractivity contribution >= 4 is 28.1 Å². The monoisotopic (exact) mass is 457 g/mol. The van der Waals surface area contributed by atoms with Crippen LogP contribution in [0, 0.1) is 11.3 Å². The number of halogens is 3. The van der Waals surface area contributed by atoms with Gasteiger partial charge >= 0.3 is 6.18 Å². The van der Waals surface area contributed by atoms with E-state index in [4.69, 9.17) is 0 Å². The first-order chi connectivity index (χ1) is 15.4. The number of carbonyl (C=O) groups is 1. The maximum Gasteiger partial charge on any atom is 0.410 e. The summed E-state index contributed by atoms with van der Waals surface area (Å²) in [6, 6.07) is 8.50. The van der Waals surface area contributed by atoms with Crippen LogP contribution in [0.4, 0.5) is 24.0 Å². The number of thiophene rings is 1. The van der Waals surface area contributed by atoms with Crippen LogP contribution < -0.4 is 10.6 Å². The van der Waals surface area contributed by atoms with Crippen molar-refractivity contribution in [3.63, 3.8) is 0 Å². The molecule has 2 aromatic heterocycles. The minimum absolute atomic E-state index is 0.0114. The molecule has 5 rings (SSSR count). The number of hydrogen-bond acceptors (Lipinski definition) is 5. The van der Waals surface area contributed by atoms with E-state index in [0.717, 1.165) is 40.6 Å². The van der Waals surface area contributed by atoms with Gasteiger partial charge in [-0.05, 0) is 30.4 Å². The molecule has 2 unspecified atom stereocenters. The van der Waals surface area contributed by atoms with Gasteiger partial charge in [-0.25, -0.2) is 4.68 Å². The molecule has 1 aliphatic carbocycles. The SMILES string of the molecule is N#Cc1c(NC(=O)c2cnn3c2NC(c2ccccc2)CC3C(F)(F)F)sc2c1CCC2. The highest BCUT2D eigenvalue weighted by molar-refractivity contribution is 7.16. The van der Waals surface area contributed by atoms with Crippen LogP contribution in [-0.2, 0) is 12.8 Å². The van der Waals surface area contributed by atoms with E-state index >= 15 is 0 Å². The van der Waals surface area contributed by atoms with Gasteiger partial charge in [0, 0.05) is 11.3 Å². The van der Waals surface area contributed by atoms with Gasteiger partial charge in [0.05, 0.1) is 17.8 Å². The Balaban J connectivity index is 1.49. The lowest BCUT2D eigenvalue weighted by molar-refractivity contribution is -0.173. The molecule has 3 heterocycles. The summed E-state index contributed by atoms with van der Waals surface area (Å²) in [4.78, 5) is 14.1. The first kappa shape index (κ1) is 20.6. The van der Waals surface area contributed by atoms with E-state index in [0.29, 0.717) is 16.1 Å². The second-order valence-electron chi connectivity index (χ2n) is 7.88. The highest BCUT2D eigenvalue weighted by Crippen LogP contribution is 2.45. The van der Waals surface area contributed by atoms with Crippen molar-refractivity contribution in [3.8, 4) is 6.07 Å². The van der Waals surface area contributed by atoms with Crippen molar-refractivity contribution in [1.82, 2.24) is 9.78 Å². The molecule has 2 aliphatic rings. The first-order valence-electron chi connectivity index (χ1n) is 10.2. The number of alkyl halides is 3. The predicted molar refractivity (Wildman–Crippen MR) is 114 cm³/mol. The fraction of sp³-hybridized carbons (Fsp3) is 0.318. The number of nitrogens with zero attached hydrogens (tertiary/aromatic N) is 3. The van der Waals surface area contributed by atoms with Crippen LogP contribution in [-0.4, -0.2) is 21.9 Å². The van der Waals surface area contributed by atoms with Crippen LogP contribution >= 0.6 is 11.3 Å². The first-order valence-corrected chi connectivity index (χ1v) is 11.0. The highest BCUT2D eigenvalue weighted by atomic mass is 32.1. The maximum atomic E-state index is 13.8. The van der Waals surface area contributed by atoms with Crippen LogP contribution in [0.25, 0.3) is 0 Å². The second-order valence-corrected chi connectivity index (χ2v) is 8.98. The zero-order valence-corrected chi connectivity index (χ0v) is 17.6. The largest absolute Gasteiger partial charge is 0.410 e. The summed E-state index contributed by atoms with van der Waals surface area (Å²) in [5, 5.41) is 19.7. The number of anilines is 2. The van der Waals surface area contributed by atoms with Gasteiger partial charge in [0.15, 0.2) is 6.04 Å². The zero-order chi connectivity index (χ0) is 22.5. The van der Waals surface area contributed by atoms with Crippen molar-refractivity contribution < 1.29 is 18.0 Å². The van der Waals surface area contributed by atoms with Crippen molar-refractivity contribution in [2.45, 2.75) is 43.9 Å². The van der Waals surface area contributed by atoms with E-state index in [-0.39, 0.29) is 17.8 Å². The summed E-state index contributed by atoms with van der Waals surface area (Å²) in [6.45, 7) is 0. The summed E-state index contributed by atoms with van der Waals surface area (Å²) in [5.74, 6) is -0.572. The molecule has 164 valence electrons. The predicted octanol–water partition coefficient (Wildman–Crippen LogP) is 5.22. The zero-order valence-electron chi connectivity index (χ0n) is 16.7. The van der Waals surface area contributed by atoms with E-state index < -0.39 is 24.2 Å². The number of benzene rings is 1. The number of aryl methyl sites for hydroxylation is 1. The Bertz CT molecular complexity index is 1220. The Kier molecular flexibility index (Phi) is 4.93. The topological polar surface area (TPSA) is 82.7 Å². The number of fused-ring (bicyclic) bond motifs is 2. The molecular weight excluding hydrogens is 439 g/mol. The molecule has 32 heavy (non-hydrogen) atoms. The van der Waals surface area contributed by atoms with Crippen molar-refractivity contribution in [2.24, 2.45) is 0 Å². The van der Waals surface area contributed by atoms with Gasteiger partial charge in [-0.2, -0.15) is 23.5 Å². The lowest BCUT2D eigenvalue weighted by atomic mass is 9.96. The standard InChI is InChI=1S/C22H18F3N5OS/c23-22(24,25)18-9-16(12-5-2-1-3-6-12)28-19-15(11-27-30(18)19)20(31)29-21-14(10-26)13-7-4-8-17(13)32-21/h1-3,5-6,11,16,18,28H,4,7-9H2,(H,29,31). The minimum atomic E-state index is -4.52. The highest BCUT2D eigenvalue weighted by Gasteiger charge is 2.47. The third kappa shape index (κ3) is 3.42. The van der Waals surface area contributed by atoms with Crippen LogP contribution in [0.3, 0.4) is 0 Å². The number of rotatable bonds is 3. The Morgan fingerprint density at radius 1 is 1.28 bits per heavy atom. The van der Waals surface area contributed by atoms with Gasteiger partial charge in [0.2, 0.25) is 0 Å². The van der Waals surface area contributed by atoms with Crippen molar-refractivity contribution in [3.05, 3.63) is 63.7 Å². The average molecular weight is 457 g/mol. The quantitative estimate of drug-likeness (QED) is 0.565. The molecule has 0 saturated heterocycles. The average Bonchev–Trinajstić information content (AvgIpc) is 3.47.